The fourth-order valence-electron chi connectivity index (χ4n) is 15.4. The van der Waals surface area contributed by atoms with E-state index in [0.717, 1.165) is 112 Å². The van der Waals surface area contributed by atoms with Gasteiger partial charge in [0.15, 0.2) is 0 Å². The lowest BCUT2D eigenvalue weighted by atomic mass is 10.1. The molecule has 4 fully saturated rings. The summed E-state index contributed by atoms with van der Waals surface area (Å²) in [6.07, 6.45) is 31.2. The Kier molecular flexibility index (Phi) is 31.5. The van der Waals surface area contributed by atoms with Crippen LogP contribution in [0.5, 0.6) is 0 Å². The van der Waals surface area contributed by atoms with Crippen LogP contribution in [0.15, 0.2) is 201 Å². The Morgan fingerprint density at radius 3 is 0.784 bits per heavy atom. The molecule has 5 amide bonds. The highest BCUT2D eigenvalue weighted by atomic mass is 19.2. The van der Waals surface area contributed by atoms with Gasteiger partial charge in [0.1, 0.15) is 64.7 Å². The minimum Gasteiger partial charge on any atom is -0.328 e. The molecule has 3 aliphatic heterocycles. The number of nitrogens with zero attached hydrogens (tertiary/aromatic N) is 10. The lowest BCUT2D eigenvalue weighted by Gasteiger charge is -2.29. The van der Waals surface area contributed by atoms with Crippen molar-refractivity contribution in [3.63, 3.8) is 0 Å². The number of piperidine rings is 1. The zero-order chi connectivity index (χ0) is 96.8. The number of aromatic nitrogens is 12. The summed E-state index contributed by atoms with van der Waals surface area (Å²) in [7, 11) is 0. The normalized spacial score (nSPS) is 14.1. The Balaban J connectivity index is 0.000000125. The zero-order valence-corrected chi connectivity index (χ0v) is 74.6. The molecule has 0 unspecified atom stereocenters. The average Bonchev–Trinajstić information content (AvgIpc) is 1.69. The van der Waals surface area contributed by atoms with Gasteiger partial charge in [0.05, 0.1) is 117 Å². The van der Waals surface area contributed by atoms with Gasteiger partial charge < -0.3 is 36.5 Å². The van der Waals surface area contributed by atoms with Crippen LogP contribution >= 0.6 is 0 Å². The number of hydrogen-bond acceptors (Lipinski definition) is 15. The van der Waals surface area contributed by atoms with Crippen LogP contribution in [-0.2, 0) is 30.5 Å². The van der Waals surface area contributed by atoms with Crippen LogP contribution in [-0.4, -0.2) is 176 Å². The van der Waals surface area contributed by atoms with Gasteiger partial charge in [0.2, 0.25) is 29.5 Å². The van der Waals surface area contributed by atoms with E-state index in [0.29, 0.717) is 89.0 Å². The number of benzene rings is 10. The number of H-pyrrole nitrogens is 5. The predicted molar refractivity (Wildman–Crippen MR) is 520 cm³/mol. The topological polar surface area (TPSA) is 328 Å². The van der Waals surface area contributed by atoms with E-state index in [2.05, 4.69) is 97.7 Å². The van der Waals surface area contributed by atoms with E-state index in [1.165, 1.54) is 110 Å². The number of carbonyl (C=O) groups excluding carboxylic acids is 5. The molecule has 36 heteroatoms. The van der Waals surface area contributed by atoms with Crippen LogP contribution in [0.4, 0.5) is 72.3 Å². The van der Waals surface area contributed by atoms with E-state index >= 15 is 0 Å². The SMILES string of the molecule is O=C(CN1CCC1)Nc1cc2c(/C=C/c3ccc(F)cc3)n[nH]c2cc1F.O=C(CN1CCCC1)Nc1cc2c(/C=C/c3ccc(F)cc3)n[nH]c2cc1F.O=C(CN1CCCCC1)Nc1cc2c(/C=C/c3ccc(F)cc3)n[nH]c2cc1F.O=C(CNC1CC1)Nc1cc2c(/C=C/c3ccc(F)cc3)n[nH]c2cc1F.O=C(Cn1ccnc1)Nc1cc2c(/C=C/c3ccc(F)cc3)n[nH]c2cc1F. The molecule has 3 saturated heterocycles. The number of hydrogen-bond donors (Lipinski definition) is 11. The molecule has 0 spiro atoms. The van der Waals surface area contributed by atoms with Crippen LogP contribution < -0.4 is 31.9 Å². The summed E-state index contributed by atoms with van der Waals surface area (Å²) in [5.41, 5.74) is 10.3. The molecule has 139 heavy (non-hydrogen) atoms. The molecule has 4 aliphatic rings. The first kappa shape index (κ1) is 96.1. The Morgan fingerprint density at radius 2 is 0.547 bits per heavy atom. The van der Waals surface area contributed by atoms with E-state index in [-0.39, 0.29) is 120 Å². The van der Waals surface area contributed by atoms with Crippen molar-refractivity contribution >= 4 is 173 Å². The Labute approximate surface area is 788 Å². The third kappa shape index (κ3) is 26.8. The van der Waals surface area contributed by atoms with Crippen molar-refractivity contribution in [3.8, 4) is 0 Å². The Bertz CT molecular complexity index is 7200. The van der Waals surface area contributed by atoms with E-state index in [4.69, 9.17) is 0 Å². The number of halogens is 10. The smallest absolute Gasteiger partial charge is 0.244 e. The van der Waals surface area contributed by atoms with Crippen molar-refractivity contribution in [1.82, 2.24) is 80.6 Å². The molecule has 1 saturated carbocycles. The largest absolute Gasteiger partial charge is 0.328 e. The van der Waals surface area contributed by atoms with Gasteiger partial charge in [-0.3, -0.25) is 64.2 Å². The molecule has 1 aliphatic carbocycles. The number of rotatable bonds is 26. The molecule has 6 aromatic heterocycles. The number of nitrogens with one attached hydrogen (secondary N) is 11. The second-order valence-corrected chi connectivity index (χ2v) is 33.4. The third-order valence-corrected chi connectivity index (χ3v) is 23.0. The van der Waals surface area contributed by atoms with Gasteiger partial charge >= 0.3 is 0 Å². The quantitative estimate of drug-likeness (QED) is 0.0225. The summed E-state index contributed by atoms with van der Waals surface area (Å²) in [5, 5.41) is 54.5. The van der Waals surface area contributed by atoms with Crippen LogP contribution in [0.3, 0.4) is 0 Å². The maximum atomic E-state index is 14.4. The molecule has 0 atom stereocenters. The second kappa shape index (κ2) is 45.5. The highest BCUT2D eigenvalue weighted by molar-refractivity contribution is 6.02. The summed E-state index contributed by atoms with van der Waals surface area (Å²) in [4.78, 5) is 70.8. The monoisotopic (exact) mass is 1890 g/mol. The molecule has 0 radical (unpaired) electrons. The van der Waals surface area contributed by atoms with Crippen LogP contribution in [0.2, 0.25) is 0 Å². The van der Waals surface area contributed by atoms with Crippen LogP contribution in [0.25, 0.3) is 115 Å². The standard InChI is InChI=1S/C22H22F2N4O.C21H20F2N4O.C20H15F2N5O.2C20H18F2N4O/c23-16-7-4-15(5-8-16)6-9-19-17-12-21(18(24)13-20(17)27-26-19)25-22(29)14-28-10-2-1-3-11-28;22-15-6-3-14(4-7-15)5-8-18-16-11-20(17(23)12-19(16)26-25-18)24-21(28)13-27-9-1-2-10-27;21-14-4-1-13(2-5-14)3-6-17-15-9-19(16(22)10-18(15)26-25-17)24-20(28)11-27-8-7-23-12-27;21-14-5-2-13(3-6-14)4-7-17-15-10-19(16(22)11-18(15)25-24-17)23-20(27)12-26-8-1-9-26;21-13-4-1-12(2-5-13)3-8-17-15-9-19(16(22)10-18(15)26-25-17)24-20(27)11-23-14-6-7-14/h4-9,12-13H,1-3,10-11,14H2,(H,25,29)(H,26,27);3-8,11-12H,1-2,9-10,13H2,(H,24,28)(H,25,26);1-10,12H,11H2,(H,24,28)(H,25,26);2-7,10-11H,1,8-9,12H2,(H,23,27)(H,24,25);1-5,8-10,14,23H,6-7,11H2,(H,24,27)(H,25,26)/b9-6+;8-5+;6-3+;7-4+;8-3+. The fraction of sp³-hybridized carbons (Fsp3) is 0.194. The molecule has 16 aromatic rings. The highest BCUT2D eigenvalue weighted by Gasteiger charge is 2.25. The number of fused-ring (bicyclic) bond motifs is 5. The highest BCUT2D eigenvalue weighted by Crippen LogP contribution is 2.33. The maximum absolute atomic E-state index is 14.4. The molecular weight excluding hydrogens is 1800 g/mol. The summed E-state index contributed by atoms with van der Waals surface area (Å²) in [6, 6.07) is 45.1. The lowest BCUT2D eigenvalue weighted by Crippen LogP contribution is -2.42. The van der Waals surface area contributed by atoms with E-state index in [9.17, 15) is 67.9 Å². The van der Waals surface area contributed by atoms with Crippen LogP contribution in [0.1, 0.15) is 108 Å². The number of carbonyl (C=O) groups is 5. The average molecular weight is 1890 g/mol. The Hall–Kier alpha value is -16.1. The van der Waals surface area contributed by atoms with Gasteiger partial charge in [0.25, 0.3) is 0 Å². The van der Waals surface area contributed by atoms with E-state index < -0.39 is 29.1 Å². The summed E-state index contributed by atoms with van der Waals surface area (Å²) < 4.78 is 138. The number of anilines is 5. The number of aromatic amines is 5. The van der Waals surface area contributed by atoms with E-state index in [1.807, 2.05) is 4.90 Å². The van der Waals surface area contributed by atoms with Crippen molar-refractivity contribution in [2.45, 2.75) is 64.0 Å². The molecule has 10 aromatic carbocycles. The van der Waals surface area contributed by atoms with Gasteiger partial charge in [-0.2, -0.15) is 25.5 Å². The number of amides is 5. The van der Waals surface area contributed by atoms with Gasteiger partial charge in [0, 0.05) is 75.7 Å². The number of imidazole rings is 1. The summed E-state index contributed by atoms with van der Waals surface area (Å²) in [5.74, 6) is -5.49. The van der Waals surface area contributed by atoms with Crippen molar-refractivity contribution in [2.24, 2.45) is 0 Å². The first-order valence-electron chi connectivity index (χ1n) is 44.8. The minimum atomic E-state index is -0.566. The summed E-state index contributed by atoms with van der Waals surface area (Å²) in [6.45, 7) is 6.36. The van der Waals surface area contributed by atoms with Crippen molar-refractivity contribution < 1.29 is 67.9 Å². The minimum absolute atomic E-state index is 0.0280. The lowest BCUT2D eigenvalue weighted by molar-refractivity contribution is -0.118. The van der Waals surface area contributed by atoms with Crippen molar-refractivity contribution in [3.05, 3.63) is 315 Å². The van der Waals surface area contributed by atoms with Crippen molar-refractivity contribution in [1.29, 1.82) is 0 Å². The molecule has 0 bridgehead atoms. The van der Waals surface area contributed by atoms with E-state index in [1.54, 1.807) is 163 Å². The molecule has 26 nitrogen and oxygen atoms in total. The van der Waals surface area contributed by atoms with Gasteiger partial charge in [-0.1, -0.05) is 97.5 Å². The fourth-order valence-corrected chi connectivity index (χ4v) is 15.4. The molecule has 710 valence electrons. The predicted octanol–water partition coefficient (Wildman–Crippen LogP) is 19.7. The van der Waals surface area contributed by atoms with Gasteiger partial charge in [-0.05, 0) is 233 Å². The summed E-state index contributed by atoms with van der Waals surface area (Å²) >= 11 is 0. The third-order valence-electron chi connectivity index (χ3n) is 23.0. The first-order chi connectivity index (χ1) is 67.4. The molecule has 11 N–H and O–H groups in total. The molecular formula is C103H93F10N21O5. The van der Waals surface area contributed by atoms with Crippen LogP contribution in [0, 0.1) is 58.2 Å². The molecule has 9 heterocycles. The van der Waals surface area contributed by atoms with Crippen molar-refractivity contribution in [2.75, 3.05) is 92.0 Å². The number of likely N-dealkylation sites (tertiary alicyclic amines) is 3. The Morgan fingerprint density at radius 1 is 0.302 bits per heavy atom. The first-order valence-corrected chi connectivity index (χ1v) is 44.8. The second-order valence-electron chi connectivity index (χ2n) is 33.4. The van der Waals surface area contributed by atoms with Gasteiger partial charge in [-0.15, -0.1) is 0 Å². The zero-order valence-electron chi connectivity index (χ0n) is 74.6. The maximum Gasteiger partial charge on any atom is 0.244 e. The van der Waals surface area contributed by atoms with Gasteiger partial charge in [-0.25, -0.2) is 48.9 Å². The molecule has 20 rings (SSSR count).